The molecule has 2 aliphatic heterocycles. The van der Waals surface area contributed by atoms with Gasteiger partial charge in [0.15, 0.2) is 0 Å². The van der Waals surface area contributed by atoms with Crippen LogP contribution in [0.5, 0.6) is 5.75 Å². The summed E-state index contributed by atoms with van der Waals surface area (Å²) in [5.74, 6) is 1.55. The van der Waals surface area contributed by atoms with E-state index in [2.05, 4.69) is 48.3 Å². The second-order valence-corrected chi connectivity index (χ2v) is 12.1. The zero-order chi connectivity index (χ0) is 27.4. The number of carboxylic acids is 1. The first-order chi connectivity index (χ1) is 18.9. The summed E-state index contributed by atoms with van der Waals surface area (Å²) >= 11 is 0. The molecule has 3 heterocycles. The van der Waals surface area contributed by atoms with Crippen LogP contribution < -0.4 is 10.1 Å². The van der Waals surface area contributed by atoms with Crippen molar-refractivity contribution in [3.05, 3.63) is 52.7 Å². The SMILES string of the molecule is COc1ccc(C(C)(C)C2CC2)cc1[C@@H](C(=O)O)N1CC[C@@H](OCCCCCc2ccc3c(n2)NCCC3)C1. The number of hydrogen-bond acceptors (Lipinski definition) is 6. The molecule has 1 aromatic heterocycles. The van der Waals surface area contributed by atoms with Crippen LogP contribution in [0.15, 0.2) is 30.3 Å². The molecule has 0 spiro atoms. The highest BCUT2D eigenvalue weighted by atomic mass is 16.5. The van der Waals surface area contributed by atoms with Gasteiger partial charge in [-0.15, -0.1) is 0 Å². The topological polar surface area (TPSA) is 83.9 Å². The third kappa shape index (κ3) is 6.58. The molecule has 1 aromatic carbocycles. The molecular formula is C32H45N3O4. The first kappa shape index (κ1) is 27.9. The number of ether oxygens (including phenoxy) is 2. The summed E-state index contributed by atoms with van der Waals surface area (Å²) in [4.78, 5) is 19.4. The molecule has 1 saturated carbocycles. The number of nitrogens with zero attached hydrogens (tertiary/aromatic N) is 2. The van der Waals surface area contributed by atoms with Crippen LogP contribution in [0.4, 0.5) is 5.82 Å². The fourth-order valence-electron chi connectivity index (χ4n) is 6.34. The second-order valence-electron chi connectivity index (χ2n) is 12.1. The monoisotopic (exact) mass is 535 g/mol. The van der Waals surface area contributed by atoms with Gasteiger partial charge in [0.25, 0.3) is 0 Å². The number of benzene rings is 1. The van der Waals surface area contributed by atoms with E-state index in [1.807, 2.05) is 6.07 Å². The number of methoxy groups -OCH3 is 1. The Kier molecular flexibility index (Phi) is 8.77. The molecule has 212 valence electrons. The van der Waals surface area contributed by atoms with Gasteiger partial charge in [0.1, 0.15) is 17.6 Å². The molecule has 7 nitrogen and oxygen atoms in total. The first-order valence-corrected chi connectivity index (χ1v) is 14.9. The van der Waals surface area contributed by atoms with Crippen molar-refractivity contribution in [2.75, 3.05) is 38.7 Å². The zero-order valence-corrected chi connectivity index (χ0v) is 23.9. The molecule has 2 fully saturated rings. The van der Waals surface area contributed by atoms with Crippen molar-refractivity contribution in [3.8, 4) is 5.75 Å². The standard InChI is InChI=1S/C32H45N3O4/c1-32(2,23-11-12-23)24-13-15-28(38-3)27(20-24)29(31(36)37)35-18-16-26(21-35)39-19-6-4-5-9-25-14-10-22-8-7-17-33-30(22)34-25/h10,13-15,20,23,26,29H,4-9,11-12,16-19,21H2,1-3H3,(H,33,34)(H,36,37)/t26-,29+/m1/s1. The molecule has 7 heteroatoms. The maximum Gasteiger partial charge on any atom is 0.325 e. The molecule has 3 aliphatic rings. The van der Waals surface area contributed by atoms with Crippen molar-refractivity contribution in [2.24, 2.45) is 5.92 Å². The van der Waals surface area contributed by atoms with Gasteiger partial charge in [0.2, 0.25) is 0 Å². The number of pyridine rings is 1. The number of carboxylic acid groups (broad SMARTS) is 1. The normalized spacial score (nSPS) is 20.3. The Morgan fingerprint density at radius 1 is 1.18 bits per heavy atom. The largest absolute Gasteiger partial charge is 0.496 e. The molecule has 39 heavy (non-hydrogen) atoms. The summed E-state index contributed by atoms with van der Waals surface area (Å²) in [5.41, 5.74) is 4.48. The minimum atomic E-state index is -0.832. The van der Waals surface area contributed by atoms with E-state index in [0.717, 1.165) is 62.1 Å². The number of aliphatic carboxylic acids is 1. The van der Waals surface area contributed by atoms with Crippen LogP contribution in [0.1, 0.15) is 87.2 Å². The van der Waals surface area contributed by atoms with Crippen molar-refractivity contribution in [1.82, 2.24) is 9.88 Å². The zero-order valence-electron chi connectivity index (χ0n) is 23.9. The summed E-state index contributed by atoms with van der Waals surface area (Å²) < 4.78 is 11.8. The maximum atomic E-state index is 12.6. The lowest BCUT2D eigenvalue weighted by Crippen LogP contribution is -2.34. The lowest BCUT2D eigenvalue weighted by atomic mass is 9.79. The number of carbonyl (C=O) groups is 1. The molecule has 0 bridgehead atoms. The molecule has 1 aliphatic carbocycles. The van der Waals surface area contributed by atoms with E-state index in [-0.39, 0.29) is 11.5 Å². The van der Waals surface area contributed by atoms with E-state index in [4.69, 9.17) is 14.5 Å². The third-order valence-corrected chi connectivity index (χ3v) is 9.02. The van der Waals surface area contributed by atoms with Crippen LogP contribution in [-0.4, -0.2) is 60.4 Å². The number of nitrogens with one attached hydrogen (secondary N) is 1. The lowest BCUT2D eigenvalue weighted by Gasteiger charge is -2.30. The van der Waals surface area contributed by atoms with E-state index in [1.165, 1.54) is 30.4 Å². The molecule has 5 rings (SSSR count). The predicted octanol–water partition coefficient (Wildman–Crippen LogP) is 5.77. The number of anilines is 1. The Labute approximate surface area is 233 Å². The van der Waals surface area contributed by atoms with Crippen molar-refractivity contribution in [3.63, 3.8) is 0 Å². The Morgan fingerprint density at radius 3 is 2.79 bits per heavy atom. The Bertz CT molecular complexity index is 1150. The van der Waals surface area contributed by atoms with Crippen molar-refractivity contribution < 1.29 is 19.4 Å². The van der Waals surface area contributed by atoms with Gasteiger partial charge in [0, 0.05) is 37.5 Å². The van der Waals surface area contributed by atoms with Crippen LogP contribution in [-0.2, 0) is 27.8 Å². The summed E-state index contributed by atoms with van der Waals surface area (Å²) in [6, 6.07) is 9.80. The number of aryl methyl sites for hydroxylation is 2. The number of likely N-dealkylation sites (tertiary alicyclic amines) is 1. The molecule has 1 saturated heterocycles. The Morgan fingerprint density at radius 2 is 2.03 bits per heavy atom. The average Bonchev–Trinajstić information content (AvgIpc) is 3.71. The lowest BCUT2D eigenvalue weighted by molar-refractivity contribution is -0.143. The van der Waals surface area contributed by atoms with Crippen LogP contribution in [0.3, 0.4) is 0 Å². The molecule has 0 radical (unpaired) electrons. The summed E-state index contributed by atoms with van der Waals surface area (Å²) in [7, 11) is 1.62. The van der Waals surface area contributed by atoms with Gasteiger partial charge in [-0.1, -0.05) is 32.4 Å². The number of fused-ring (bicyclic) bond motifs is 1. The van der Waals surface area contributed by atoms with Crippen molar-refractivity contribution in [2.45, 2.75) is 89.2 Å². The molecule has 2 aromatic rings. The molecule has 0 amide bonds. The van der Waals surface area contributed by atoms with Crippen molar-refractivity contribution in [1.29, 1.82) is 0 Å². The summed E-state index contributed by atoms with van der Waals surface area (Å²) in [6.07, 6.45) is 9.90. The second kappa shape index (κ2) is 12.3. The van der Waals surface area contributed by atoms with E-state index >= 15 is 0 Å². The highest BCUT2D eigenvalue weighted by Crippen LogP contribution is 2.48. The van der Waals surface area contributed by atoms with Gasteiger partial charge < -0.3 is 19.9 Å². The first-order valence-electron chi connectivity index (χ1n) is 14.9. The Balaban J connectivity index is 1.11. The Hall–Kier alpha value is -2.64. The van der Waals surface area contributed by atoms with Crippen molar-refractivity contribution >= 4 is 11.8 Å². The van der Waals surface area contributed by atoms with Gasteiger partial charge in [0.05, 0.1) is 13.2 Å². The van der Waals surface area contributed by atoms with Gasteiger partial charge in [-0.05, 0) is 92.0 Å². The molecule has 2 N–H and O–H groups in total. The molecule has 0 unspecified atom stereocenters. The van der Waals surface area contributed by atoms with Gasteiger partial charge in [-0.25, -0.2) is 4.98 Å². The third-order valence-electron chi connectivity index (χ3n) is 9.02. The molecule has 2 atom stereocenters. The fourth-order valence-corrected chi connectivity index (χ4v) is 6.34. The van der Waals surface area contributed by atoms with E-state index in [1.54, 1.807) is 7.11 Å². The summed E-state index contributed by atoms with van der Waals surface area (Å²) in [6.45, 7) is 7.61. The number of rotatable bonds is 13. The average molecular weight is 536 g/mol. The van der Waals surface area contributed by atoms with Crippen LogP contribution in [0.25, 0.3) is 0 Å². The van der Waals surface area contributed by atoms with Gasteiger partial charge >= 0.3 is 5.97 Å². The minimum absolute atomic E-state index is 0.0353. The highest BCUT2D eigenvalue weighted by molar-refractivity contribution is 5.77. The van der Waals surface area contributed by atoms with Crippen LogP contribution in [0, 0.1) is 5.92 Å². The number of aromatic nitrogens is 1. The van der Waals surface area contributed by atoms with E-state index in [9.17, 15) is 9.90 Å². The maximum absolute atomic E-state index is 12.6. The molecular weight excluding hydrogens is 490 g/mol. The minimum Gasteiger partial charge on any atom is -0.496 e. The van der Waals surface area contributed by atoms with E-state index < -0.39 is 12.0 Å². The fraction of sp³-hybridized carbons (Fsp3) is 0.625. The quantitative estimate of drug-likeness (QED) is 0.315. The predicted molar refractivity (Wildman–Crippen MR) is 154 cm³/mol. The van der Waals surface area contributed by atoms with E-state index in [0.29, 0.717) is 31.4 Å². The number of unbranched alkanes of at least 4 members (excludes halogenated alkanes) is 2. The highest BCUT2D eigenvalue weighted by Gasteiger charge is 2.41. The number of hydrogen-bond donors (Lipinski definition) is 2. The van der Waals surface area contributed by atoms with Gasteiger partial charge in [-0.2, -0.15) is 0 Å². The van der Waals surface area contributed by atoms with Gasteiger partial charge in [-0.3, -0.25) is 9.69 Å². The van der Waals surface area contributed by atoms with Crippen LogP contribution >= 0.6 is 0 Å². The van der Waals surface area contributed by atoms with Crippen LogP contribution in [0.2, 0.25) is 0 Å². The smallest absolute Gasteiger partial charge is 0.325 e. The summed E-state index contributed by atoms with van der Waals surface area (Å²) in [5, 5.41) is 13.7.